The Bertz CT molecular complexity index is 760. The zero-order valence-electron chi connectivity index (χ0n) is 13.8. The van der Waals surface area contributed by atoms with Crippen LogP contribution in [0, 0.1) is 0 Å². The predicted molar refractivity (Wildman–Crippen MR) is 85.6 cm³/mol. The first-order valence-corrected chi connectivity index (χ1v) is 8.05. The number of aromatic nitrogens is 3. The fourth-order valence-corrected chi connectivity index (χ4v) is 3.07. The Balaban J connectivity index is 2.34. The first kappa shape index (κ1) is 19.8. The van der Waals surface area contributed by atoms with Crippen molar-refractivity contribution in [1.29, 1.82) is 0 Å². The fourth-order valence-electron chi connectivity index (χ4n) is 2.05. The van der Waals surface area contributed by atoms with Crippen molar-refractivity contribution in [2.24, 2.45) is 0 Å². The molecule has 2 aromatic rings. The van der Waals surface area contributed by atoms with Crippen LogP contribution < -0.4 is 14.8 Å². The molecule has 0 fully saturated rings. The number of nitrogens with zero attached hydrogens (tertiary/aromatic N) is 3. The molecule has 0 radical (unpaired) electrons. The van der Waals surface area contributed by atoms with Gasteiger partial charge in [-0.15, -0.1) is 11.3 Å². The van der Waals surface area contributed by atoms with Crippen LogP contribution in [-0.4, -0.2) is 46.8 Å². The van der Waals surface area contributed by atoms with E-state index in [1.54, 1.807) is 0 Å². The highest BCUT2D eigenvalue weighted by atomic mass is 32.1. The maximum atomic E-state index is 13.1. The minimum absolute atomic E-state index is 0.0139. The van der Waals surface area contributed by atoms with E-state index in [4.69, 9.17) is 14.6 Å². The molecule has 0 aliphatic carbocycles. The number of hydrogen-bond acceptors (Lipinski definition) is 8. The molecule has 26 heavy (non-hydrogen) atoms. The van der Waals surface area contributed by atoms with Crippen LogP contribution in [0.4, 0.5) is 18.3 Å². The molecule has 0 aliphatic rings. The fraction of sp³-hybridized carbons (Fsp3) is 0.429. The van der Waals surface area contributed by atoms with Gasteiger partial charge < -0.3 is 14.6 Å². The summed E-state index contributed by atoms with van der Waals surface area (Å²) < 4.78 is 49.2. The number of ether oxygens (including phenoxy) is 2. The number of hydrogen-bond donors (Lipinski definition) is 2. The maximum Gasteiger partial charge on any atom is 0.434 e. The summed E-state index contributed by atoms with van der Waals surface area (Å²) in [5.74, 6) is -1.01. The molecule has 0 saturated heterocycles. The third kappa shape index (κ3) is 4.38. The van der Waals surface area contributed by atoms with Crippen LogP contribution in [0.3, 0.4) is 0 Å². The molecular formula is C14H15F3N4O4S. The van der Waals surface area contributed by atoms with E-state index >= 15 is 0 Å². The van der Waals surface area contributed by atoms with Crippen molar-refractivity contribution in [1.82, 2.24) is 15.0 Å². The first-order valence-electron chi connectivity index (χ1n) is 7.23. The summed E-state index contributed by atoms with van der Waals surface area (Å²) in [5, 5.41) is 10.9. The van der Waals surface area contributed by atoms with Gasteiger partial charge in [0.2, 0.25) is 11.8 Å². The Morgan fingerprint density at radius 1 is 1.27 bits per heavy atom. The smallest absolute Gasteiger partial charge is 0.434 e. The molecule has 0 bridgehead atoms. The molecule has 2 aromatic heterocycles. The monoisotopic (exact) mass is 392 g/mol. The van der Waals surface area contributed by atoms with Gasteiger partial charge in [-0.25, -0.2) is 15.0 Å². The molecule has 0 saturated carbocycles. The standard InChI is InChI=1S/C14H15F3N4O4S/c1-24-11-8(12(25-2)19-6-18-11)10(23)21-13-20-9(14(15,16)17)7(26-13)4-3-5-22/h6,22H,3-5H2,1-2H3,(H,20,21,23). The second-order valence-corrected chi connectivity index (χ2v) is 5.92. The van der Waals surface area contributed by atoms with E-state index in [-0.39, 0.29) is 46.8 Å². The molecule has 2 rings (SSSR count). The summed E-state index contributed by atoms with van der Waals surface area (Å²) in [7, 11) is 2.55. The SMILES string of the molecule is COc1ncnc(OC)c1C(=O)Nc1nc(C(F)(F)F)c(CCCO)s1. The quantitative estimate of drug-likeness (QED) is 0.744. The van der Waals surface area contributed by atoms with Crippen LogP contribution in [0.2, 0.25) is 0 Å². The lowest BCUT2D eigenvalue weighted by Crippen LogP contribution is -2.16. The lowest BCUT2D eigenvalue weighted by atomic mass is 10.2. The lowest BCUT2D eigenvalue weighted by molar-refractivity contribution is -0.141. The summed E-state index contributed by atoms with van der Waals surface area (Å²) in [6, 6.07) is 0. The summed E-state index contributed by atoms with van der Waals surface area (Å²) >= 11 is 0.680. The zero-order valence-corrected chi connectivity index (χ0v) is 14.6. The van der Waals surface area contributed by atoms with Crippen molar-refractivity contribution < 1.29 is 32.5 Å². The highest BCUT2D eigenvalue weighted by Crippen LogP contribution is 2.37. The largest absolute Gasteiger partial charge is 0.480 e. The van der Waals surface area contributed by atoms with E-state index in [9.17, 15) is 18.0 Å². The second-order valence-electron chi connectivity index (χ2n) is 4.84. The van der Waals surface area contributed by atoms with Gasteiger partial charge in [-0.3, -0.25) is 10.1 Å². The predicted octanol–water partition coefficient (Wildman–Crippen LogP) is 2.15. The number of anilines is 1. The number of aryl methyl sites for hydroxylation is 1. The normalized spacial score (nSPS) is 11.3. The minimum atomic E-state index is -4.67. The Labute approximate surface area is 150 Å². The highest BCUT2D eigenvalue weighted by Gasteiger charge is 2.37. The van der Waals surface area contributed by atoms with E-state index in [0.717, 1.165) is 6.33 Å². The number of carbonyl (C=O) groups excluding carboxylic acids is 1. The molecule has 0 aromatic carbocycles. The van der Waals surface area contributed by atoms with Crippen molar-refractivity contribution in [3.8, 4) is 11.8 Å². The van der Waals surface area contributed by atoms with Crippen LogP contribution in [-0.2, 0) is 12.6 Å². The average Bonchev–Trinajstić information content (AvgIpc) is 3.01. The third-order valence-corrected chi connectivity index (χ3v) is 4.17. The summed E-state index contributed by atoms with van der Waals surface area (Å²) in [5.41, 5.74) is -1.26. The molecule has 0 spiro atoms. The Morgan fingerprint density at radius 3 is 2.38 bits per heavy atom. The van der Waals surface area contributed by atoms with E-state index in [2.05, 4.69) is 20.3 Å². The number of aliphatic hydroxyl groups is 1. The van der Waals surface area contributed by atoms with Gasteiger partial charge in [0.1, 0.15) is 6.33 Å². The van der Waals surface area contributed by atoms with Gasteiger partial charge in [-0.05, 0) is 12.8 Å². The lowest BCUT2D eigenvalue weighted by Gasteiger charge is -2.09. The molecule has 0 aliphatic heterocycles. The Kier molecular flexibility index (Phi) is 6.32. The molecule has 0 unspecified atom stereocenters. The van der Waals surface area contributed by atoms with Crippen LogP contribution in [0.5, 0.6) is 11.8 Å². The van der Waals surface area contributed by atoms with Crippen LogP contribution in [0.1, 0.15) is 27.3 Å². The molecule has 0 atom stereocenters. The van der Waals surface area contributed by atoms with Gasteiger partial charge >= 0.3 is 6.18 Å². The van der Waals surface area contributed by atoms with Crippen molar-refractivity contribution in [3.05, 3.63) is 22.5 Å². The van der Waals surface area contributed by atoms with Crippen molar-refractivity contribution >= 4 is 22.4 Å². The number of rotatable bonds is 7. The number of methoxy groups -OCH3 is 2. The molecule has 8 nitrogen and oxygen atoms in total. The zero-order chi connectivity index (χ0) is 19.3. The van der Waals surface area contributed by atoms with Gasteiger partial charge in [0.15, 0.2) is 16.4 Å². The summed E-state index contributed by atoms with van der Waals surface area (Å²) in [6.45, 7) is -0.257. The second kappa shape index (κ2) is 8.27. The number of thiazole rings is 1. The van der Waals surface area contributed by atoms with Crippen molar-refractivity contribution in [3.63, 3.8) is 0 Å². The van der Waals surface area contributed by atoms with Crippen LogP contribution in [0.25, 0.3) is 0 Å². The Hall–Kier alpha value is -2.47. The molecule has 12 heteroatoms. The first-order chi connectivity index (χ1) is 12.3. The number of alkyl halides is 3. The van der Waals surface area contributed by atoms with E-state index in [1.807, 2.05) is 0 Å². The third-order valence-electron chi connectivity index (χ3n) is 3.14. The number of halogens is 3. The molecule has 2 N–H and O–H groups in total. The van der Waals surface area contributed by atoms with Gasteiger partial charge in [0.05, 0.1) is 14.2 Å². The number of aliphatic hydroxyl groups excluding tert-OH is 1. The maximum absolute atomic E-state index is 13.1. The van der Waals surface area contributed by atoms with Gasteiger partial charge in [0, 0.05) is 11.5 Å². The molecule has 1 amide bonds. The minimum Gasteiger partial charge on any atom is -0.480 e. The van der Waals surface area contributed by atoms with Gasteiger partial charge in [-0.2, -0.15) is 13.2 Å². The highest BCUT2D eigenvalue weighted by molar-refractivity contribution is 7.15. The average molecular weight is 392 g/mol. The van der Waals surface area contributed by atoms with Gasteiger partial charge in [0.25, 0.3) is 5.91 Å². The van der Waals surface area contributed by atoms with E-state index in [0.29, 0.717) is 11.3 Å². The van der Waals surface area contributed by atoms with E-state index < -0.39 is 17.8 Å². The number of nitrogens with one attached hydrogen (secondary N) is 1. The molecule has 142 valence electrons. The van der Waals surface area contributed by atoms with Crippen LogP contribution >= 0.6 is 11.3 Å². The summed E-state index contributed by atoms with van der Waals surface area (Å²) in [6.07, 6.45) is -3.42. The van der Waals surface area contributed by atoms with E-state index in [1.165, 1.54) is 14.2 Å². The number of carbonyl (C=O) groups is 1. The molecular weight excluding hydrogens is 377 g/mol. The van der Waals surface area contributed by atoms with Crippen molar-refractivity contribution in [2.75, 3.05) is 26.1 Å². The van der Waals surface area contributed by atoms with Crippen LogP contribution in [0.15, 0.2) is 6.33 Å². The van der Waals surface area contributed by atoms with Crippen molar-refractivity contribution in [2.45, 2.75) is 19.0 Å². The molecule has 2 heterocycles. The number of amides is 1. The Morgan fingerprint density at radius 2 is 1.88 bits per heavy atom. The van der Waals surface area contributed by atoms with Gasteiger partial charge in [-0.1, -0.05) is 0 Å². The topological polar surface area (TPSA) is 106 Å². The summed E-state index contributed by atoms with van der Waals surface area (Å²) in [4.78, 5) is 23.4.